The van der Waals surface area contributed by atoms with Crippen molar-refractivity contribution in [2.75, 3.05) is 5.32 Å². The molecule has 0 unspecified atom stereocenters. The normalized spacial score (nSPS) is 14.4. The van der Waals surface area contributed by atoms with E-state index < -0.39 is 23.7 Å². The molecule has 0 spiro atoms. The van der Waals surface area contributed by atoms with Crippen LogP contribution in [0.4, 0.5) is 19.3 Å². The Kier molecular flexibility index (Phi) is 6.67. The molecule has 5 aromatic rings. The van der Waals surface area contributed by atoms with Crippen molar-refractivity contribution in [3.05, 3.63) is 131 Å². The first kappa shape index (κ1) is 25.6. The molecule has 3 aromatic carbocycles. The van der Waals surface area contributed by atoms with E-state index in [0.717, 1.165) is 58.6 Å². The van der Waals surface area contributed by atoms with E-state index in [1.165, 1.54) is 5.56 Å². The molecular formula is C32H29F2N5O. The molecule has 0 saturated carbocycles. The number of nitrogens with zero attached hydrogens (tertiary/aromatic N) is 4. The summed E-state index contributed by atoms with van der Waals surface area (Å²) >= 11 is 0. The van der Waals surface area contributed by atoms with Crippen molar-refractivity contribution in [3.8, 4) is 11.5 Å². The minimum absolute atomic E-state index is 0.208. The zero-order valence-electron chi connectivity index (χ0n) is 22.3. The third-order valence-corrected chi connectivity index (χ3v) is 7.44. The summed E-state index contributed by atoms with van der Waals surface area (Å²) in [6.45, 7) is 4.35. The summed E-state index contributed by atoms with van der Waals surface area (Å²) in [7, 11) is 0. The van der Waals surface area contributed by atoms with Crippen LogP contribution in [0.25, 0.3) is 11.5 Å². The average Bonchev–Trinajstić information content (AvgIpc) is 3.56. The van der Waals surface area contributed by atoms with Gasteiger partial charge in [-0.1, -0.05) is 56.3 Å². The number of hydrogen-bond donors (Lipinski definition) is 1. The van der Waals surface area contributed by atoms with Crippen molar-refractivity contribution < 1.29 is 13.6 Å². The zero-order valence-corrected chi connectivity index (χ0v) is 22.3. The lowest BCUT2D eigenvalue weighted by atomic mass is 9.99. The predicted molar refractivity (Wildman–Crippen MR) is 151 cm³/mol. The van der Waals surface area contributed by atoms with E-state index >= 15 is 0 Å². The summed E-state index contributed by atoms with van der Waals surface area (Å²) in [6, 6.07) is 24.0. The van der Waals surface area contributed by atoms with E-state index in [9.17, 15) is 13.6 Å². The molecule has 1 atom stereocenters. The van der Waals surface area contributed by atoms with Gasteiger partial charge in [0.15, 0.2) is 0 Å². The molecule has 1 aliphatic heterocycles. The van der Waals surface area contributed by atoms with Crippen molar-refractivity contribution in [3.63, 3.8) is 0 Å². The van der Waals surface area contributed by atoms with Gasteiger partial charge in [-0.25, -0.2) is 18.3 Å². The Morgan fingerprint density at radius 2 is 1.73 bits per heavy atom. The monoisotopic (exact) mass is 537 g/mol. The summed E-state index contributed by atoms with van der Waals surface area (Å²) in [6.07, 6.45) is 3.53. The first-order chi connectivity index (χ1) is 19.5. The third kappa shape index (κ3) is 4.45. The van der Waals surface area contributed by atoms with E-state index in [2.05, 4.69) is 28.9 Å². The molecule has 6 nitrogen and oxygen atoms in total. The zero-order chi connectivity index (χ0) is 27.8. The minimum atomic E-state index is -0.705. The maximum Gasteiger partial charge on any atom is 0.323 e. The van der Waals surface area contributed by atoms with E-state index in [-0.39, 0.29) is 12.2 Å². The van der Waals surface area contributed by atoms with E-state index in [4.69, 9.17) is 5.10 Å². The van der Waals surface area contributed by atoms with Crippen molar-refractivity contribution in [1.82, 2.24) is 19.2 Å². The fraction of sp³-hybridized carbons (Fsp3) is 0.188. The van der Waals surface area contributed by atoms with Crippen LogP contribution in [0.1, 0.15) is 48.0 Å². The fourth-order valence-electron chi connectivity index (χ4n) is 5.41. The van der Waals surface area contributed by atoms with Crippen LogP contribution in [0.3, 0.4) is 0 Å². The lowest BCUT2D eigenvalue weighted by molar-refractivity contribution is 0.194. The smallest absolute Gasteiger partial charge is 0.307 e. The Hall–Kier alpha value is -4.72. The number of aromatic nitrogens is 3. The topological polar surface area (TPSA) is 55.1 Å². The summed E-state index contributed by atoms with van der Waals surface area (Å²) in [5, 5.41) is 7.59. The summed E-state index contributed by atoms with van der Waals surface area (Å²) in [5.41, 5.74) is 5.40. The third-order valence-electron chi connectivity index (χ3n) is 7.44. The molecule has 40 heavy (non-hydrogen) atoms. The number of aryl methyl sites for hydroxylation is 2. The molecule has 0 saturated heterocycles. The van der Waals surface area contributed by atoms with Crippen LogP contribution in [0, 0.1) is 11.6 Å². The van der Waals surface area contributed by atoms with Gasteiger partial charge >= 0.3 is 6.03 Å². The lowest BCUT2D eigenvalue weighted by Crippen LogP contribution is -2.38. The largest absolute Gasteiger partial charge is 0.323 e. The van der Waals surface area contributed by atoms with Gasteiger partial charge in [0.2, 0.25) is 0 Å². The molecule has 8 heteroatoms. The highest BCUT2D eigenvalue weighted by atomic mass is 19.1. The second-order valence-corrected chi connectivity index (χ2v) is 9.83. The SMILES string of the molecule is CCc1ccc([C@@H]2c3cccn3-c3c(c(CC)nn3-c3ccccc3)CN2C(=O)Nc2cc(F)ccc2F)cc1. The van der Waals surface area contributed by atoms with Gasteiger partial charge in [0.25, 0.3) is 0 Å². The van der Waals surface area contributed by atoms with Crippen LogP contribution in [0.5, 0.6) is 0 Å². The first-order valence-corrected chi connectivity index (χ1v) is 13.4. The molecule has 1 aliphatic rings. The molecule has 1 N–H and O–H groups in total. The van der Waals surface area contributed by atoms with Crippen molar-refractivity contribution in [2.24, 2.45) is 0 Å². The second kappa shape index (κ2) is 10.4. The van der Waals surface area contributed by atoms with Crippen LogP contribution >= 0.6 is 0 Å². The number of carbonyl (C=O) groups is 1. The number of para-hydroxylation sites is 1. The van der Waals surface area contributed by atoms with Crippen molar-refractivity contribution in [1.29, 1.82) is 0 Å². The van der Waals surface area contributed by atoms with E-state index in [0.29, 0.717) is 6.42 Å². The number of halogens is 2. The summed E-state index contributed by atoms with van der Waals surface area (Å²) in [5.74, 6) is -0.484. The van der Waals surface area contributed by atoms with Gasteiger partial charge < -0.3 is 14.8 Å². The number of benzene rings is 3. The molecule has 202 valence electrons. The van der Waals surface area contributed by atoms with Crippen LogP contribution in [-0.2, 0) is 19.4 Å². The minimum Gasteiger partial charge on any atom is -0.307 e. The maximum atomic E-state index is 14.6. The van der Waals surface area contributed by atoms with Gasteiger partial charge in [-0.15, -0.1) is 0 Å². The number of rotatable bonds is 5. The molecule has 2 amide bonds. The van der Waals surface area contributed by atoms with Crippen molar-refractivity contribution >= 4 is 11.7 Å². The maximum absolute atomic E-state index is 14.6. The Bertz CT molecular complexity index is 1670. The number of fused-ring (bicyclic) bond motifs is 3. The number of amides is 2. The first-order valence-electron chi connectivity index (χ1n) is 13.4. The highest BCUT2D eigenvalue weighted by molar-refractivity contribution is 5.90. The standard InChI is InChI=1S/C32H29F2N5O/c1-3-21-12-14-22(15-13-21)30-29-11-8-18-37(29)31-25(27(4-2)36-39(31)24-9-6-5-7-10-24)20-38(30)32(40)35-28-19-23(33)16-17-26(28)34/h5-19,30H,3-4,20H2,1-2H3,(H,35,40)/t30-/m1/s1. The Morgan fingerprint density at radius 3 is 2.45 bits per heavy atom. The molecule has 0 radical (unpaired) electrons. The summed E-state index contributed by atoms with van der Waals surface area (Å²) in [4.78, 5) is 15.7. The number of anilines is 1. The van der Waals surface area contributed by atoms with E-state index in [1.54, 1.807) is 4.90 Å². The predicted octanol–water partition coefficient (Wildman–Crippen LogP) is 7.20. The number of hydrogen-bond acceptors (Lipinski definition) is 2. The van der Waals surface area contributed by atoms with E-state index in [1.807, 2.05) is 72.4 Å². The molecule has 2 aromatic heterocycles. The van der Waals surface area contributed by atoms with Crippen LogP contribution in [0.15, 0.2) is 91.1 Å². The van der Waals surface area contributed by atoms with Gasteiger partial charge in [0.1, 0.15) is 17.5 Å². The van der Waals surface area contributed by atoms with Crippen LogP contribution in [0.2, 0.25) is 0 Å². The molecular weight excluding hydrogens is 508 g/mol. The van der Waals surface area contributed by atoms with Gasteiger partial charge in [0.05, 0.1) is 35.3 Å². The Balaban J connectivity index is 1.55. The fourth-order valence-corrected chi connectivity index (χ4v) is 5.41. The van der Waals surface area contributed by atoms with Crippen molar-refractivity contribution in [2.45, 2.75) is 39.3 Å². The average molecular weight is 538 g/mol. The Labute approximate surface area is 231 Å². The molecule has 0 bridgehead atoms. The molecule has 6 rings (SSSR count). The Morgan fingerprint density at radius 1 is 0.950 bits per heavy atom. The van der Waals surface area contributed by atoms with Crippen LogP contribution < -0.4 is 5.32 Å². The number of urea groups is 1. The molecule has 0 aliphatic carbocycles. The van der Waals surface area contributed by atoms with Crippen LogP contribution in [-0.4, -0.2) is 25.3 Å². The highest BCUT2D eigenvalue weighted by Gasteiger charge is 2.36. The quantitative estimate of drug-likeness (QED) is 0.258. The van der Waals surface area contributed by atoms with Gasteiger partial charge in [0, 0.05) is 17.8 Å². The summed E-state index contributed by atoms with van der Waals surface area (Å²) < 4.78 is 32.6. The lowest BCUT2D eigenvalue weighted by Gasteiger charge is -2.31. The number of nitrogens with one attached hydrogen (secondary N) is 1. The highest BCUT2D eigenvalue weighted by Crippen LogP contribution is 2.39. The van der Waals surface area contributed by atoms with Gasteiger partial charge in [-0.2, -0.15) is 5.10 Å². The number of carbonyl (C=O) groups excluding carboxylic acids is 1. The molecule has 0 fully saturated rings. The van der Waals surface area contributed by atoms with Gasteiger partial charge in [-0.3, -0.25) is 0 Å². The molecule has 3 heterocycles. The second-order valence-electron chi connectivity index (χ2n) is 9.83. The van der Waals surface area contributed by atoms with Gasteiger partial charge in [-0.05, 0) is 60.4 Å².